The first-order chi connectivity index (χ1) is 15.6. The Labute approximate surface area is 188 Å². The van der Waals surface area contributed by atoms with Gasteiger partial charge in [-0.1, -0.05) is 0 Å². The summed E-state index contributed by atoms with van der Waals surface area (Å²) in [5.41, 5.74) is 13.7. The molecule has 3 aromatic rings. The van der Waals surface area contributed by atoms with Gasteiger partial charge in [0.05, 0.1) is 24.5 Å². The fourth-order valence-corrected chi connectivity index (χ4v) is 3.09. The molecule has 0 aliphatic heterocycles. The fourth-order valence-electron chi connectivity index (χ4n) is 3.09. The number of nitrogens with one attached hydrogen (secondary N) is 1. The van der Waals surface area contributed by atoms with Gasteiger partial charge >= 0.3 is 5.97 Å². The molecule has 0 radical (unpaired) electrons. The first-order valence-electron chi connectivity index (χ1n) is 9.88. The van der Waals surface area contributed by atoms with Gasteiger partial charge < -0.3 is 37.0 Å². The number of benzene rings is 1. The van der Waals surface area contributed by atoms with Gasteiger partial charge in [-0.25, -0.2) is 9.97 Å². The number of aliphatic carboxylic acids is 1. The summed E-state index contributed by atoms with van der Waals surface area (Å²) >= 11 is 0. The Balaban J connectivity index is 1.67. The van der Waals surface area contributed by atoms with E-state index in [2.05, 4.69) is 25.3 Å². The molecule has 2 heterocycles. The van der Waals surface area contributed by atoms with Gasteiger partial charge in [-0.2, -0.15) is 9.97 Å². The lowest BCUT2D eigenvalue weighted by molar-refractivity contribution is -0.137. The van der Waals surface area contributed by atoms with E-state index in [9.17, 15) is 19.8 Å². The van der Waals surface area contributed by atoms with Gasteiger partial charge in [-0.15, -0.1) is 0 Å². The Hall–Kier alpha value is -4.10. The number of rotatable bonds is 9. The van der Waals surface area contributed by atoms with Crippen LogP contribution in [0.5, 0.6) is 0 Å². The molecule has 13 nitrogen and oxygen atoms in total. The van der Waals surface area contributed by atoms with Crippen LogP contribution in [0.25, 0.3) is 11.2 Å². The summed E-state index contributed by atoms with van der Waals surface area (Å²) in [6, 6.07) is 5.46. The van der Waals surface area contributed by atoms with Gasteiger partial charge in [-0.3, -0.25) is 9.59 Å². The largest absolute Gasteiger partial charge is 0.481 e. The third-order valence-electron chi connectivity index (χ3n) is 4.82. The first kappa shape index (κ1) is 23.6. The van der Waals surface area contributed by atoms with Gasteiger partial charge in [0.15, 0.2) is 23.3 Å². The number of aliphatic hydroxyl groups excluding tert-OH is 1. The number of hydrogen-bond donors (Lipinski definition) is 6. The van der Waals surface area contributed by atoms with E-state index in [0.717, 1.165) is 5.69 Å². The Kier molecular flexibility index (Phi) is 7.15. The first-order valence-corrected chi connectivity index (χ1v) is 9.88. The molecular formula is C20H24N8O5. The van der Waals surface area contributed by atoms with Crippen molar-refractivity contribution >= 4 is 40.5 Å². The molecule has 3 rings (SSSR count). The zero-order valence-electron chi connectivity index (χ0n) is 17.7. The Morgan fingerprint density at radius 1 is 1.12 bits per heavy atom. The number of anilines is 3. The van der Waals surface area contributed by atoms with E-state index in [1.54, 1.807) is 30.5 Å². The van der Waals surface area contributed by atoms with E-state index in [1.807, 2.05) is 11.9 Å². The number of nitrogens with two attached hydrogens (primary N) is 2. The molecule has 0 saturated carbocycles. The molecule has 1 atom stereocenters. The number of carbonyl (C=O) groups is 2. The molecule has 0 bridgehead atoms. The van der Waals surface area contributed by atoms with Crippen LogP contribution in [0.3, 0.4) is 0 Å². The SMILES string of the molecule is CN(Cc1cnc2nc(N)nc(N)c2n1)c1ccc(C(=O)N[C@@H](CCC(=O)O)C(O)O)cc1. The van der Waals surface area contributed by atoms with Crippen molar-refractivity contribution in [1.82, 2.24) is 25.3 Å². The Bertz CT molecular complexity index is 1160. The number of amides is 1. The maximum atomic E-state index is 12.4. The maximum absolute atomic E-state index is 12.4. The van der Waals surface area contributed by atoms with Gasteiger partial charge in [0.25, 0.3) is 5.91 Å². The molecule has 33 heavy (non-hydrogen) atoms. The second-order valence-corrected chi connectivity index (χ2v) is 7.33. The topological polar surface area (TPSA) is 214 Å². The predicted molar refractivity (Wildman–Crippen MR) is 119 cm³/mol. The molecule has 8 N–H and O–H groups in total. The minimum Gasteiger partial charge on any atom is -0.481 e. The molecule has 1 aromatic carbocycles. The highest BCUT2D eigenvalue weighted by molar-refractivity contribution is 5.94. The fraction of sp³-hybridized carbons (Fsp3) is 0.300. The molecule has 0 unspecified atom stereocenters. The number of nitrogen functional groups attached to an aromatic ring is 2. The van der Waals surface area contributed by atoms with Crippen LogP contribution in [0, 0.1) is 0 Å². The average Bonchev–Trinajstić information content (AvgIpc) is 2.76. The third kappa shape index (κ3) is 5.99. The summed E-state index contributed by atoms with van der Waals surface area (Å²) in [6.45, 7) is 0.381. The second kappa shape index (κ2) is 10.0. The van der Waals surface area contributed by atoms with E-state index >= 15 is 0 Å². The van der Waals surface area contributed by atoms with Crippen LogP contribution >= 0.6 is 0 Å². The normalized spacial score (nSPS) is 12.0. The monoisotopic (exact) mass is 456 g/mol. The Morgan fingerprint density at radius 2 is 1.82 bits per heavy atom. The smallest absolute Gasteiger partial charge is 0.303 e. The summed E-state index contributed by atoms with van der Waals surface area (Å²) in [7, 11) is 1.83. The minimum absolute atomic E-state index is 0.0185. The average molecular weight is 456 g/mol. The van der Waals surface area contributed by atoms with Crippen LogP contribution in [0.1, 0.15) is 28.9 Å². The van der Waals surface area contributed by atoms with Gasteiger partial charge in [-0.05, 0) is 30.7 Å². The van der Waals surface area contributed by atoms with Crippen molar-refractivity contribution in [3.63, 3.8) is 0 Å². The second-order valence-electron chi connectivity index (χ2n) is 7.33. The molecule has 174 valence electrons. The number of carbonyl (C=O) groups excluding carboxylic acids is 1. The molecule has 0 aliphatic carbocycles. The number of carboxylic acid groups (broad SMARTS) is 1. The zero-order valence-corrected chi connectivity index (χ0v) is 17.7. The number of aliphatic hydroxyl groups is 2. The van der Waals surface area contributed by atoms with Crippen molar-refractivity contribution in [3.8, 4) is 0 Å². The molecule has 2 aromatic heterocycles. The predicted octanol–water partition coefficient (Wildman–Crippen LogP) is -0.505. The lowest BCUT2D eigenvalue weighted by Crippen LogP contribution is -2.43. The van der Waals surface area contributed by atoms with Crippen molar-refractivity contribution in [1.29, 1.82) is 0 Å². The van der Waals surface area contributed by atoms with E-state index in [4.69, 9.17) is 16.6 Å². The number of carboxylic acids is 1. The Morgan fingerprint density at radius 3 is 2.45 bits per heavy atom. The van der Waals surface area contributed by atoms with Crippen molar-refractivity contribution in [2.24, 2.45) is 0 Å². The van der Waals surface area contributed by atoms with Crippen LogP contribution < -0.4 is 21.7 Å². The van der Waals surface area contributed by atoms with Crippen LogP contribution in [0.2, 0.25) is 0 Å². The molecule has 0 fully saturated rings. The van der Waals surface area contributed by atoms with Gasteiger partial charge in [0.2, 0.25) is 5.95 Å². The van der Waals surface area contributed by atoms with E-state index in [-0.39, 0.29) is 30.2 Å². The highest BCUT2D eigenvalue weighted by Crippen LogP contribution is 2.19. The number of aromatic nitrogens is 4. The molecule has 1 amide bonds. The number of hydrogen-bond acceptors (Lipinski definition) is 11. The highest BCUT2D eigenvalue weighted by Gasteiger charge is 2.21. The summed E-state index contributed by atoms with van der Waals surface area (Å²) in [5.74, 6) is -1.50. The lowest BCUT2D eigenvalue weighted by atomic mass is 10.1. The lowest BCUT2D eigenvalue weighted by Gasteiger charge is -2.21. The van der Waals surface area contributed by atoms with Crippen molar-refractivity contribution in [3.05, 3.63) is 41.7 Å². The van der Waals surface area contributed by atoms with Crippen LogP contribution in [-0.2, 0) is 11.3 Å². The summed E-state index contributed by atoms with van der Waals surface area (Å²) in [4.78, 5) is 41.5. The van der Waals surface area contributed by atoms with E-state index in [0.29, 0.717) is 23.4 Å². The van der Waals surface area contributed by atoms with Crippen molar-refractivity contribution in [2.45, 2.75) is 31.7 Å². The van der Waals surface area contributed by atoms with Crippen LogP contribution in [0.4, 0.5) is 17.5 Å². The quantitative estimate of drug-likeness (QED) is 0.225. The van der Waals surface area contributed by atoms with Crippen molar-refractivity contribution < 1.29 is 24.9 Å². The van der Waals surface area contributed by atoms with Crippen LogP contribution in [-0.4, -0.2) is 66.5 Å². The summed E-state index contributed by atoms with van der Waals surface area (Å²) in [5, 5.41) is 30.0. The highest BCUT2D eigenvalue weighted by atomic mass is 16.5. The minimum atomic E-state index is -1.88. The molecule has 0 saturated heterocycles. The van der Waals surface area contributed by atoms with Gasteiger partial charge in [0, 0.05) is 24.7 Å². The number of nitrogens with zero attached hydrogens (tertiary/aromatic N) is 5. The van der Waals surface area contributed by atoms with Crippen LogP contribution in [0.15, 0.2) is 30.5 Å². The molecule has 0 spiro atoms. The third-order valence-corrected chi connectivity index (χ3v) is 4.82. The molecular weight excluding hydrogens is 432 g/mol. The summed E-state index contributed by atoms with van der Waals surface area (Å²) < 4.78 is 0. The van der Waals surface area contributed by atoms with E-state index < -0.39 is 24.2 Å². The standard InChI is InChI=1S/C20H24N8O5/c1-28(9-11-8-23-17-15(24-11)16(21)26-20(22)27-17)12-4-2-10(3-5-12)18(31)25-13(19(32)33)6-7-14(29)30/h2-5,8,13,19,32-33H,6-7,9H2,1H3,(H,25,31)(H,29,30)(H4,21,22,23,26,27)/t13-/m0/s1. The molecule has 13 heteroatoms. The maximum Gasteiger partial charge on any atom is 0.303 e. The van der Waals surface area contributed by atoms with Crippen molar-refractivity contribution in [2.75, 3.05) is 23.4 Å². The molecule has 0 aliphatic rings. The summed E-state index contributed by atoms with van der Waals surface area (Å²) in [6.07, 6.45) is -0.745. The van der Waals surface area contributed by atoms with Gasteiger partial charge in [0.1, 0.15) is 0 Å². The number of fused-ring (bicyclic) bond motifs is 1. The zero-order chi connectivity index (χ0) is 24.1. The van der Waals surface area contributed by atoms with E-state index in [1.165, 1.54) is 0 Å².